The van der Waals surface area contributed by atoms with Crippen LogP contribution >= 0.6 is 11.3 Å². The summed E-state index contributed by atoms with van der Waals surface area (Å²) < 4.78 is 2.30. The molecule has 110 valence electrons. The molecule has 2 N–H and O–H groups in total. The molecule has 0 fully saturated rings. The van der Waals surface area contributed by atoms with E-state index in [4.69, 9.17) is 10.7 Å². The first-order valence-corrected chi connectivity index (χ1v) is 8.09. The number of hydrogen-bond donors (Lipinski definition) is 1. The predicted octanol–water partition coefficient (Wildman–Crippen LogP) is 3.65. The zero-order chi connectivity index (χ0) is 15.0. The first-order chi connectivity index (χ1) is 10.1. The van der Waals surface area contributed by atoms with Crippen LogP contribution in [0.3, 0.4) is 0 Å². The van der Waals surface area contributed by atoms with Crippen LogP contribution in [0.2, 0.25) is 0 Å². The van der Waals surface area contributed by atoms with Crippen molar-refractivity contribution in [2.45, 2.75) is 40.3 Å². The van der Waals surface area contributed by atoms with Crippen LogP contribution in [0.15, 0.2) is 18.2 Å². The van der Waals surface area contributed by atoms with E-state index in [9.17, 15) is 0 Å². The van der Waals surface area contributed by atoms with Crippen molar-refractivity contribution < 1.29 is 0 Å². The van der Waals surface area contributed by atoms with E-state index in [2.05, 4.69) is 41.6 Å². The van der Waals surface area contributed by atoms with Crippen molar-refractivity contribution in [1.29, 1.82) is 0 Å². The Bertz CT molecular complexity index is 785. The Balaban J connectivity index is 2.25. The van der Waals surface area contributed by atoms with Gasteiger partial charge in [-0.15, -0.1) is 11.3 Å². The van der Waals surface area contributed by atoms with Gasteiger partial charge in [0, 0.05) is 13.1 Å². The highest BCUT2D eigenvalue weighted by atomic mass is 32.1. The number of aromatic nitrogens is 3. The Hall–Kier alpha value is -1.72. The van der Waals surface area contributed by atoms with Gasteiger partial charge in [-0.3, -0.25) is 0 Å². The van der Waals surface area contributed by atoms with Crippen molar-refractivity contribution in [3.05, 3.63) is 34.5 Å². The van der Waals surface area contributed by atoms with Gasteiger partial charge in [-0.2, -0.15) is 0 Å². The molecule has 0 spiro atoms. The van der Waals surface area contributed by atoms with E-state index < -0.39 is 0 Å². The second-order valence-corrected chi connectivity index (χ2v) is 6.46. The summed E-state index contributed by atoms with van der Waals surface area (Å²) >= 11 is 1.71. The van der Waals surface area contributed by atoms with E-state index in [-0.39, 0.29) is 0 Å². The third kappa shape index (κ3) is 2.47. The first kappa shape index (κ1) is 14.2. The number of fused-ring (bicyclic) bond motifs is 1. The smallest absolute Gasteiger partial charge is 0.153 e. The van der Waals surface area contributed by atoms with Gasteiger partial charge in [-0.05, 0) is 38.0 Å². The van der Waals surface area contributed by atoms with Crippen molar-refractivity contribution in [3.8, 4) is 10.7 Å². The molecule has 2 heterocycles. The molecule has 0 saturated carbocycles. The highest BCUT2D eigenvalue weighted by Gasteiger charge is 2.17. The van der Waals surface area contributed by atoms with Gasteiger partial charge in [0.05, 0.1) is 26.6 Å². The van der Waals surface area contributed by atoms with E-state index in [0.29, 0.717) is 6.54 Å². The molecule has 0 unspecified atom stereocenters. The van der Waals surface area contributed by atoms with E-state index in [1.54, 1.807) is 11.3 Å². The van der Waals surface area contributed by atoms with Crippen molar-refractivity contribution >= 4 is 22.4 Å². The third-order valence-corrected chi connectivity index (χ3v) is 4.67. The van der Waals surface area contributed by atoms with Crippen molar-refractivity contribution in [3.63, 3.8) is 0 Å². The summed E-state index contributed by atoms with van der Waals surface area (Å²) in [6, 6.07) is 6.31. The Labute approximate surface area is 128 Å². The maximum atomic E-state index is 5.74. The van der Waals surface area contributed by atoms with Gasteiger partial charge in [-0.1, -0.05) is 13.0 Å². The van der Waals surface area contributed by atoms with E-state index in [1.165, 1.54) is 10.4 Å². The number of rotatable bonds is 4. The molecule has 4 nitrogen and oxygen atoms in total. The van der Waals surface area contributed by atoms with Gasteiger partial charge in [0.1, 0.15) is 0 Å². The summed E-state index contributed by atoms with van der Waals surface area (Å²) in [6.07, 6.45) is 1.08. The average molecular weight is 300 g/mol. The third-order valence-electron chi connectivity index (χ3n) is 3.60. The molecule has 21 heavy (non-hydrogen) atoms. The lowest BCUT2D eigenvalue weighted by Crippen LogP contribution is -2.00. The van der Waals surface area contributed by atoms with Gasteiger partial charge in [0.15, 0.2) is 5.82 Å². The van der Waals surface area contributed by atoms with Gasteiger partial charge in [0.25, 0.3) is 0 Å². The van der Waals surface area contributed by atoms with Crippen LogP contribution in [0.25, 0.3) is 21.7 Å². The minimum Gasteiger partial charge on any atom is -0.326 e. The van der Waals surface area contributed by atoms with Gasteiger partial charge >= 0.3 is 0 Å². The normalized spacial score (nSPS) is 11.4. The number of aryl methyl sites for hydroxylation is 3. The summed E-state index contributed by atoms with van der Waals surface area (Å²) in [5.41, 5.74) is 10.1. The van der Waals surface area contributed by atoms with Crippen LogP contribution in [0.1, 0.15) is 29.6 Å². The molecule has 0 aliphatic carbocycles. The second-order valence-electron chi connectivity index (χ2n) is 5.26. The van der Waals surface area contributed by atoms with Crippen LogP contribution in [-0.2, 0) is 13.1 Å². The summed E-state index contributed by atoms with van der Waals surface area (Å²) in [5, 5.41) is 1.08. The van der Waals surface area contributed by atoms with Crippen molar-refractivity contribution in [1.82, 2.24) is 14.5 Å². The molecule has 0 bridgehead atoms. The Morgan fingerprint density at radius 2 is 2.05 bits per heavy atom. The van der Waals surface area contributed by atoms with Crippen LogP contribution in [0.4, 0.5) is 0 Å². The standard InChI is InChI=1S/C16H20N4S/c1-4-7-20-14-6-5-12(9-17)8-13(14)19-16(20)15-10(2)18-11(3)21-15/h5-6,8H,4,7,9,17H2,1-3H3. The van der Waals surface area contributed by atoms with Crippen LogP contribution < -0.4 is 5.73 Å². The summed E-state index contributed by atoms with van der Waals surface area (Å²) in [4.78, 5) is 10.6. The Kier molecular flexibility index (Phi) is 3.78. The zero-order valence-corrected chi connectivity index (χ0v) is 13.5. The zero-order valence-electron chi connectivity index (χ0n) is 12.7. The number of imidazole rings is 1. The van der Waals surface area contributed by atoms with E-state index in [1.807, 2.05) is 6.92 Å². The first-order valence-electron chi connectivity index (χ1n) is 7.27. The van der Waals surface area contributed by atoms with Gasteiger partial charge in [0.2, 0.25) is 0 Å². The maximum Gasteiger partial charge on any atom is 0.153 e. The Morgan fingerprint density at radius 3 is 2.67 bits per heavy atom. The fraction of sp³-hybridized carbons (Fsp3) is 0.375. The number of thiazole rings is 1. The van der Waals surface area contributed by atoms with E-state index in [0.717, 1.165) is 40.6 Å². The molecular formula is C16H20N4S. The fourth-order valence-corrected chi connectivity index (χ4v) is 3.58. The van der Waals surface area contributed by atoms with Crippen LogP contribution in [0.5, 0.6) is 0 Å². The molecule has 3 rings (SSSR count). The predicted molar refractivity (Wildman–Crippen MR) is 88.5 cm³/mol. The molecule has 3 aromatic rings. The number of nitrogens with two attached hydrogens (primary N) is 1. The van der Waals surface area contributed by atoms with Crippen LogP contribution in [-0.4, -0.2) is 14.5 Å². The molecule has 0 aliphatic rings. The minimum atomic E-state index is 0.546. The molecule has 1 aromatic carbocycles. The summed E-state index contributed by atoms with van der Waals surface area (Å²) in [7, 11) is 0. The maximum absolute atomic E-state index is 5.74. The highest BCUT2D eigenvalue weighted by molar-refractivity contribution is 7.15. The monoisotopic (exact) mass is 300 g/mol. The minimum absolute atomic E-state index is 0.546. The number of benzene rings is 1. The quantitative estimate of drug-likeness (QED) is 0.800. The summed E-state index contributed by atoms with van der Waals surface area (Å²) in [5.74, 6) is 1.03. The topological polar surface area (TPSA) is 56.7 Å². The lowest BCUT2D eigenvalue weighted by molar-refractivity contribution is 0.704. The Morgan fingerprint density at radius 1 is 1.24 bits per heavy atom. The van der Waals surface area contributed by atoms with Gasteiger partial charge in [-0.25, -0.2) is 9.97 Å². The van der Waals surface area contributed by atoms with Crippen molar-refractivity contribution in [2.75, 3.05) is 0 Å². The number of nitrogens with zero attached hydrogens (tertiary/aromatic N) is 3. The SMILES string of the molecule is CCCn1c(-c2sc(C)nc2C)nc2cc(CN)ccc21. The molecule has 5 heteroatoms. The largest absolute Gasteiger partial charge is 0.326 e. The molecular weight excluding hydrogens is 280 g/mol. The molecule has 0 atom stereocenters. The lowest BCUT2D eigenvalue weighted by Gasteiger charge is -2.06. The van der Waals surface area contributed by atoms with Crippen molar-refractivity contribution in [2.24, 2.45) is 5.73 Å². The molecule has 0 amide bonds. The fourth-order valence-electron chi connectivity index (χ4n) is 2.66. The average Bonchev–Trinajstić information content (AvgIpc) is 2.99. The molecule has 0 aliphatic heterocycles. The number of hydrogen-bond acceptors (Lipinski definition) is 4. The molecule has 0 saturated heterocycles. The van der Waals surface area contributed by atoms with Crippen LogP contribution in [0, 0.1) is 13.8 Å². The molecule has 0 radical (unpaired) electrons. The summed E-state index contributed by atoms with van der Waals surface area (Å²) in [6.45, 7) is 7.80. The highest BCUT2D eigenvalue weighted by Crippen LogP contribution is 2.32. The van der Waals surface area contributed by atoms with E-state index >= 15 is 0 Å². The lowest BCUT2D eigenvalue weighted by atomic mass is 10.2. The van der Waals surface area contributed by atoms with Gasteiger partial charge < -0.3 is 10.3 Å². The molecule has 2 aromatic heterocycles. The second kappa shape index (κ2) is 5.58.